The topological polar surface area (TPSA) is 61.8 Å². The molecule has 0 saturated carbocycles. The Morgan fingerprint density at radius 2 is 1.69 bits per heavy atom. The van der Waals surface area contributed by atoms with Crippen LogP contribution >= 0.6 is 10.7 Å². The number of methoxy groups -OCH3 is 3. The summed E-state index contributed by atoms with van der Waals surface area (Å²) in [6, 6.07) is 2.77. The molecule has 7 heteroatoms. The van der Waals surface area contributed by atoms with Crippen LogP contribution < -0.4 is 14.2 Å². The second-order valence-corrected chi connectivity index (χ2v) is 5.33. The summed E-state index contributed by atoms with van der Waals surface area (Å²) in [6.45, 7) is 0. The van der Waals surface area contributed by atoms with Crippen molar-refractivity contribution in [2.75, 3.05) is 21.3 Å². The van der Waals surface area contributed by atoms with Gasteiger partial charge in [0.1, 0.15) is 10.6 Å². The van der Waals surface area contributed by atoms with Crippen LogP contribution in [0, 0.1) is 0 Å². The third kappa shape index (κ3) is 2.51. The molecule has 1 rings (SSSR count). The van der Waals surface area contributed by atoms with E-state index >= 15 is 0 Å². The van der Waals surface area contributed by atoms with Crippen molar-refractivity contribution in [2.45, 2.75) is 4.90 Å². The van der Waals surface area contributed by atoms with Crippen molar-refractivity contribution in [3.8, 4) is 17.2 Å². The smallest absolute Gasteiger partial charge is 0.265 e. The molecule has 0 bridgehead atoms. The highest BCUT2D eigenvalue weighted by molar-refractivity contribution is 8.13. The van der Waals surface area contributed by atoms with Crippen molar-refractivity contribution < 1.29 is 22.6 Å². The third-order valence-electron chi connectivity index (χ3n) is 1.92. The highest BCUT2D eigenvalue weighted by atomic mass is 35.7. The standard InChI is InChI=1S/C9H11ClO5S/c1-13-6-4-7(14-2)9(15-3)8(5-6)16(10,11)12/h4-5H,1-3H3. The summed E-state index contributed by atoms with van der Waals surface area (Å²) in [7, 11) is 5.49. The first-order chi connectivity index (χ1) is 7.43. The lowest BCUT2D eigenvalue weighted by Gasteiger charge is -2.12. The monoisotopic (exact) mass is 266 g/mol. The van der Waals surface area contributed by atoms with Crippen LogP contribution in [0.15, 0.2) is 17.0 Å². The molecule has 0 amide bonds. The Balaban J connectivity index is 3.56. The average Bonchev–Trinajstić information content (AvgIpc) is 2.25. The SMILES string of the molecule is COc1cc(OC)c(OC)c(S(=O)(=O)Cl)c1. The Labute approximate surface area is 98.3 Å². The molecule has 5 nitrogen and oxygen atoms in total. The Kier molecular flexibility index (Phi) is 3.88. The Bertz CT molecular complexity index is 483. The summed E-state index contributed by atoms with van der Waals surface area (Å²) in [4.78, 5) is -0.187. The average molecular weight is 267 g/mol. The third-order valence-corrected chi connectivity index (χ3v) is 3.24. The fourth-order valence-corrected chi connectivity index (χ4v) is 2.21. The van der Waals surface area contributed by atoms with Crippen molar-refractivity contribution in [1.82, 2.24) is 0 Å². The van der Waals surface area contributed by atoms with E-state index in [2.05, 4.69) is 0 Å². The van der Waals surface area contributed by atoms with E-state index in [1.165, 1.54) is 33.5 Å². The predicted octanol–water partition coefficient (Wildman–Crippen LogP) is 1.64. The molecule has 90 valence electrons. The summed E-state index contributed by atoms with van der Waals surface area (Å²) in [6.07, 6.45) is 0. The fraction of sp³-hybridized carbons (Fsp3) is 0.333. The minimum atomic E-state index is -3.92. The lowest BCUT2D eigenvalue weighted by molar-refractivity contribution is 0.340. The first-order valence-electron chi connectivity index (χ1n) is 4.18. The van der Waals surface area contributed by atoms with Crippen LogP contribution in [0.2, 0.25) is 0 Å². The fourth-order valence-electron chi connectivity index (χ4n) is 1.20. The molecule has 1 aromatic rings. The molecule has 0 saturated heterocycles. The Hall–Kier alpha value is -1.14. The largest absolute Gasteiger partial charge is 0.497 e. The molecular weight excluding hydrogens is 256 g/mol. The van der Waals surface area contributed by atoms with Gasteiger partial charge in [-0.1, -0.05) is 0 Å². The van der Waals surface area contributed by atoms with Gasteiger partial charge in [-0.2, -0.15) is 0 Å². The maximum atomic E-state index is 11.3. The second-order valence-electron chi connectivity index (χ2n) is 2.80. The minimum absolute atomic E-state index is 0.0540. The Morgan fingerprint density at radius 3 is 2.06 bits per heavy atom. The molecule has 0 unspecified atom stereocenters. The van der Waals surface area contributed by atoms with E-state index in [4.69, 9.17) is 24.9 Å². The van der Waals surface area contributed by atoms with E-state index in [0.29, 0.717) is 5.75 Å². The van der Waals surface area contributed by atoms with Gasteiger partial charge in [-0.25, -0.2) is 8.42 Å². The highest BCUT2D eigenvalue weighted by Gasteiger charge is 2.22. The number of hydrogen-bond donors (Lipinski definition) is 0. The number of hydrogen-bond acceptors (Lipinski definition) is 5. The Morgan fingerprint density at radius 1 is 1.06 bits per heavy atom. The number of ether oxygens (including phenoxy) is 3. The molecule has 0 radical (unpaired) electrons. The van der Waals surface area contributed by atoms with Crippen molar-refractivity contribution in [1.29, 1.82) is 0 Å². The molecule has 16 heavy (non-hydrogen) atoms. The molecule has 1 aromatic carbocycles. The van der Waals surface area contributed by atoms with E-state index < -0.39 is 9.05 Å². The summed E-state index contributed by atoms with van der Waals surface area (Å²) in [5.74, 6) is 0.608. The van der Waals surface area contributed by atoms with Gasteiger partial charge < -0.3 is 14.2 Å². The van der Waals surface area contributed by atoms with Gasteiger partial charge in [-0.3, -0.25) is 0 Å². The second kappa shape index (κ2) is 4.80. The number of benzene rings is 1. The van der Waals surface area contributed by atoms with Crippen molar-refractivity contribution in [2.24, 2.45) is 0 Å². The molecular formula is C9H11ClO5S. The first-order valence-corrected chi connectivity index (χ1v) is 6.49. The van der Waals surface area contributed by atoms with Crippen LogP contribution in [0.25, 0.3) is 0 Å². The van der Waals surface area contributed by atoms with E-state index in [0.717, 1.165) is 0 Å². The van der Waals surface area contributed by atoms with Crippen molar-refractivity contribution in [3.05, 3.63) is 12.1 Å². The lowest BCUT2D eigenvalue weighted by atomic mass is 10.3. The van der Waals surface area contributed by atoms with Crippen LogP contribution in [-0.4, -0.2) is 29.7 Å². The maximum Gasteiger partial charge on any atom is 0.265 e. The first kappa shape index (κ1) is 12.9. The molecule has 0 heterocycles. The van der Waals surface area contributed by atoms with Gasteiger partial charge in [0, 0.05) is 22.8 Å². The lowest BCUT2D eigenvalue weighted by Crippen LogP contribution is -2.00. The molecule has 0 fully saturated rings. The highest BCUT2D eigenvalue weighted by Crippen LogP contribution is 2.39. The zero-order valence-electron chi connectivity index (χ0n) is 8.98. The molecule has 0 spiro atoms. The zero-order valence-corrected chi connectivity index (χ0v) is 10.6. The number of rotatable bonds is 4. The summed E-state index contributed by atoms with van der Waals surface area (Å²) in [5, 5.41) is 0. The summed E-state index contributed by atoms with van der Waals surface area (Å²) >= 11 is 0. The van der Waals surface area contributed by atoms with Crippen molar-refractivity contribution in [3.63, 3.8) is 0 Å². The predicted molar refractivity (Wildman–Crippen MR) is 59.1 cm³/mol. The normalized spacial score (nSPS) is 11.0. The molecule has 0 aromatic heterocycles. The van der Waals surface area contributed by atoms with Gasteiger partial charge in [-0.15, -0.1) is 0 Å². The van der Waals surface area contributed by atoms with Crippen molar-refractivity contribution >= 4 is 19.7 Å². The van der Waals surface area contributed by atoms with Gasteiger partial charge in [0.05, 0.1) is 21.3 Å². The van der Waals surface area contributed by atoms with E-state index in [1.54, 1.807) is 0 Å². The van der Waals surface area contributed by atoms with Gasteiger partial charge in [0.2, 0.25) is 0 Å². The van der Waals surface area contributed by atoms with Crippen LogP contribution in [0.3, 0.4) is 0 Å². The summed E-state index contributed by atoms with van der Waals surface area (Å²) in [5.41, 5.74) is 0. The summed E-state index contributed by atoms with van der Waals surface area (Å²) < 4.78 is 37.5. The van der Waals surface area contributed by atoms with Gasteiger partial charge in [0.15, 0.2) is 11.5 Å². The van der Waals surface area contributed by atoms with Gasteiger partial charge in [0.25, 0.3) is 9.05 Å². The molecule has 0 atom stereocenters. The zero-order chi connectivity index (χ0) is 12.3. The molecule has 0 aliphatic heterocycles. The van der Waals surface area contributed by atoms with Gasteiger partial charge >= 0.3 is 0 Å². The van der Waals surface area contributed by atoms with Crippen LogP contribution in [0.4, 0.5) is 0 Å². The van der Waals surface area contributed by atoms with Crippen LogP contribution in [0.1, 0.15) is 0 Å². The quantitative estimate of drug-likeness (QED) is 0.776. The van der Waals surface area contributed by atoms with Gasteiger partial charge in [-0.05, 0) is 0 Å². The van der Waals surface area contributed by atoms with E-state index in [1.807, 2.05) is 0 Å². The maximum absolute atomic E-state index is 11.3. The van der Waals surface area contributed by atoms with E-state index in [9.17, 15) is 8.42 Å². The molecule has 0 aliphatic carbocycles. The van der Waals surface area contributed by atoms with Crippen LogP contribution in [-0.2, 0) is 9.05 Å². The van der Waals surface area contributed by atoms with Crippen LogP contribution in [0.5, 0.6) is 17.2 Å². The molecule has 0 N–H and O–H groups in total. The minimum Gasteiger partial charge on any atom is -0.497 e. The van der Waals surface area contributed by atoms with E-state index in [-0.39, 0.29) is 16.4 Å². The number of halogens is 1. The molecule has 0 aliphatic rings.